The fourth-order valence-corrected chi connectivity index (χ4v) is 2.53. The molecule has 0 saturated heterocycles. The zero-order valence-corrected chi connectivity index (χ0v) is 14.3. The molecule has 0 bridgehead atoms. The third-order valence-corrected chi connectivity index (χ3v) is 3.89. The summed E-state index contributed by atoms with van der Waals surface area (Å²) in [4.78, 5) is 14.5. The SMILES string of the molecule is Cc1cccc(NC(=O)CCN(Cc2ccccc2)C(C)C)c1. The van der Waals surface area contributed by atoms with Gasteiger partial charge in [0, 0.05) is 31.2 Å². The summed E-state index contributed by atoms with van der Waals surface area (Å²) in [6, 6.07) is 18.7. The van der Waals surface area contributed by atoms with Crippen LogP contribution in [0.2, 0.25) is 0 Å². The maximum atomic E-state index is 12.2. The van der Waals surface area contributed by atoms with Gasteiger partial charge in [0.1, 0.15) is 0 Å². The highest BCUT2D eigenvalue weighted by molar-refractivity contribution is 5.90. The van der Waals surface area contributed by atoms with Crippen molar-refractivity contribution in [2.45, 2.75) is 39.8 Å². The number of nitrogens with one attached hydrogen (secondary N) is 1. The van der Waals surface area contributed by atoms with Crippen LogP contribution in [0.1, 0.15) is 31.4 Å². The Morgan fingerprint density at radius 2 is 1.83 bits per heavy atom. The van der Waals surface area contributed by atoms with Gasteiger partial charge >= 0.3 is 0 Å². The summed E-state index contributed by atoms with van der Waals surface area (Å²) < 4.78 is 0. The van der Waals surface area contributed by atoms with Crippen molar-refractivity contribution in [1.29, 1.82) is 0 Å². The number of hydrogen-bond donors (Lipinski definition) is 1. The Labute approximate surface area is 139 Å². The van der Waals surface area contributed by atoms with Gasteiger partial charge < -0.3 is 5.32 Å². The molecule has 0 unspecified atom stereocenters. The van der Waals surface area contributed by atoms with Crippen molar-refractivity contribution in [3.8, 4) is 0 Å². The molecule has 2 aromatic rings. The van der Waals surface area contributed by atoms with Crippen LogP contribution in [0.4, 0.5) is 5.69 Å². The molecular weight excluding hydrogens is 284 g/mol. The lowest BCUT2D eigenvalue weighted by Crippen LogP contribution is -2.33. The fourth-order valence-electron chi connectivity index (χ4n) is 2.53. The Bertz CT molecular complexity index is 623. The molecule has 23 heavy (non-hydrogen) atoms. The molecule has 0 radical (unpaired) electrons. The lowest BCUT2D eigenvalue weighted by Gasteiger charge is -2.26. The quantitative estimate of drug-likeness (QED) is 0.830. The van der Waals surface area contributed by atoms with Crippen molar-refractivity contribution >= 4 is 11.6 Å². The summed E-state index contributed by atoms with van der Waals surface area (Å²) >= 11 is 0. The Hall–Kier alpha value is -2.13. The van der Waals surface area contributed by atoms with Gasteiger partial charge in [0.15, 0.2) is 0 Å². The third-order valence-electron chi connectivity index (χ3n) is 3.89. The van der Waals surface area contributed by atoms with Gasteiger partial charge in [-0.25, -0.2) is 0 Å². The zero-order chi connectivity index (χ0) is 16.7. The molecule has 0 aliphatic carbocycles. The summed E-state index contributed by atoms with van der Waals surface area (Å²) in [5.41, 5.74) is 3.30. The van der Waals surface area contributed by atoms with Gasteiger partial charge in [-0.15, -0.1) is 0 Å². The zero-order valence-electron chi connectivity index (χ0n) is 14.3. The van der Waals surface area contributed by atoms with Gasteiger partial charge in [0.2, 0.25) is 5.91 Å². The highest BCUT2D eigenvalue weighted by Crippen LogP contribution is 2.12. The van der Waals surface area contributed by atoms with Crippen LogP contribution in [0, 0.1) is 6.92 Å². The average Bonchev–Trinajstić information content (AvgIpc) is 2.52. The summed E-state index contributed by atoms with van der Waals surface area (Å²) in [7, 11) is 0. The lowest BCUT2D eigenvalue weighted by atomic mass is 10.1. The van der Waals surface area contributed by atoms with E-state index in [9.17, 15) is 4.79 Å². The van der Waals surface area contributed by atoms with Gasteiger partial charge in [-0.1, -0.05) is 42.5 Å². The molecule has 3 heteroatoms. The van der Waals surface area contributed by atoms with E-state index in [1.54, 1.807) is 0 Å². The topological polar surface area (TPSA) is 32.3 Å². The number of benzene rings is 2. The lowest BCUT2D eigenvalue weighted by molar-refractivity contribution is -0.116. The molecule has 0 aliphatic heterocycles. The molecule has 0 fully saturated rings. The standard InChI is InChI=1S/C20H26N2O/c1-16(2)22(15-18-9-5-4-6-10-18)13-12-20(23)21-19-11-7-8-17(3)14-19/h4-11,14,16H,12-13,15H2,1-3H3,(H,21,23). The van der Waals surface area contributed by atoms with Crippen molar-refractivity contribution < 1.29 is 4.79 Å². The van der Waals surface area contributed by atoms with Gasteiger partial charge in [-0.05, 0) is 44.0 Å². The molecule has 0 aromatic heterocycles. The highest BCUT2D eigenvalue weighted by atomic mass is 16.1. The molecule has 3 nitrogen and oxygen atoms in total. The van der Waals surface area contributed by atoms with Crippen molar-refractivity contribution in [1.82, 2.24) is 4.90 Å². The number of amides is 1. The first kappa shape index (κ1) is 17.2. The Morgan fingerprint density at radius 1 is 1.09 bits per heavy atom. The molecule has 122 valence electrons. The number of aryl methyl sites for hydroxylation is 1. The Balaban J connectivity index is 1.87. The number of anilines is 1. The minimum absolute atomic E-state index is 0.0642. The molecule has 1 amide bonds. The minimum atomic E-state index is 0.0642. The third kappa shape index (κ3) is 5.87. The monoisotopic (exact) mass is 310 g/mol. The van der Waals surface area contributed by atoms with E-state index in [4.69, 9.17) is 0 Å². The number of rotatable bonds is 7. The van der Waals surface area contributed by atoms with Crippen LogP contribution in [0.15, 0.2) is 54.6 Å². The predicted octanol–water partition coefficient (Wildman–Crippen LogP) is 4.23. The van der Waals surface area contributed by atoms with Crippen LogP contribution in [-0.4, -0.2) is 23.4 Å². The average molecular weight is 310 g/mol. The van der Waals surface area contributed by atoms with Gasteiger partial charge in [0.25, 0.3) is 0 Å². The van der Waals surface area contributed by atoms with Crippen LogP contribution in [-0.2, 0) is 11.3 Å². The first-order chi connectivity index (χ1) is 11.0. The van der Waals surface area contributed by atoms with E-state index in [1.165, 1.54) is 5.56 Å². The van der Waals surface area contributed by atoms with Crippen LogP contribution in [0.25, 0.3) is 0 Å². The summed E-state index contributed by atoms with van der Waals surface area (Å²) in [6.07, 6.45) is 0.499. The molecular formula is C20H26N2O. The molecule has 1 N–H and O–H groups in total. The van der Waals surface area contributed by atoms with Crippen molar-refractivity contribution in [2.75, 3.05) is 11.9 Å². The maximum absolute atomic E-state index is 12.2. The first-order valence-corrected chi connectivity index (χ1v) is 8.19. The first-order valence-electron chi connectivity index (χ1n) is 8.19. The Morgan fingerprint density at radius 3 is 2.48 bits per heavy atom. The van der Waals surface area contributed by atoms with E-state index in [0.29, 0.717) is 12.5 Å². The Kier molecular flexibility index (Phi) is 6.36. The smallest absolute Gasteiger partial charge is 0.225 e. The van der Waals surface area contributed by atoms with E-state index < -0.39 is 0 Å². The largest absolute Gasteiger partial charge is 0.326 e. The van der Waals surface area contributed by atoms with E-state index in [1.807, 2.05) is 37.3 Å². The number of carbonyl (C=O) groups is 1. The molecule has 2 aromatic carbocycles. The van der Waals surface area contributed by atoms with Crippen molar-refractivity contribution in [3.05, 3.63) is 65.7 Å². The van der Waals surface area contributed by atoms with Crippen LogP contribution in [0.5, 0.6) is 0 Å². The van der Waals surface area contributed by atoms with Gasteiger partial charge in [-0.3, -0.25) is 9.69 Å². The summed E-state index contributed by atoms with van der Waals surface area (Å²) in [5, 5.41) is 2.98. The molecule has 0 heterocycles. The molecule has 2 rings (SSSR count). The van der Waals surface area contributed by atoms with E-state index in [2.05, 4.69) is 48.3 Å². The fraction of sp³-hybridized carbons (Fsp3) is 0.350. The van der Waals surface area contributed by atoms with Gasteiger partial charge in [0.05, 0.1) is 0 Å². The van der Waals surface area contributed by atoms with Gasteiger partial charge in [-0.2, -0.15) is 0 Å². The second-order valence-corrected chi connectivity index (χ2v) is 6.22. The summed E-state index contributed by atoms with van der Waals surface area (Å²) in [5.74, 6) is 0.0642. The molecule has 0 aliphatic rings. The van der Waals surface area contributed by atoms with Crippen LogP contribution in [0.3, 0.4) is 0 Å². The van der Waals surface area contributed by atoms with Crippen LogP contribution >= 0.6 is 0 Å². The molecule has 0 atom stereocenters. The maximum Gasteiger partial charge on any atom is 0.225 e. The van der Waals surface area contributed by atoms with E-state index in [0.717, 1.165) is 24.3 Å². The van der Waals surface area contributed by atoms with E-state index >= 15 is 0 Å². The number of hydrogen-bond acceptors (Lipinski definition) is 2. The normalized spacial score (nSPS) is 11.0. The van der Waals surface area contributed by atoms with Crippen molar-refractivity contribution in [3.63, 3.8) is 0 Å². The number of carbonyl (C=O) groups excluding carboxylic acids is 1. The number of nitrogens with zero attached hydrogens (tertiary/aromatic N) is 1. The van der Waals surface area contributed by atoms with Crippen LogP contribution < -0.4 is 5.32 Å². The molecule has 0 saturated carbocycles. The molecule has 0 spiro atoms. The highest BCUT2D eigenvalue weighted by Gasteiger charge is 2.12. The van der Waals surface area contributed by atoms with Crippen molar-refractivity contribution in [2.24, 2.45) is 0 Å². The predicted molar refractivity (Wildman–Crippen MR) is 96.4 cm³/mol. The minimum Gasteiger partial charge on any atom is -0.326 e. The second-order valence-electron chi connectivity index (χ2n) is 6.22. The second kappa shape index (κ2) is 8.49. The van der Waals surface area contributed by atoms with E-state index in [-0.39, 0.29) is 5.91 Å². The summed E-state index contributed by atoms with van der Waals surface area (Å²) in [6.45, 7) is 7.99.